The number of aromatic carboxylic acids is 1. The Morgan fingerprint density at radius 2 is 2.11 bits per heavy atom. The second-order valence-electron chi connectivity index (χ2n) is 3.64. The molecule has 100 valence electrons. The topological polar surface area (TPSA) is 54.4 Å². The van der Waals surface area contributed by atoms with E-state index in [1.165, 1.54) is 17.4 Å². The Kier molecular flexibility index (Phi) is 4.49. The SMILES string of the molecule is O=C(O)c1cc(S(=O)Cc2ccc(Br)s2)ccc1F. The van der Waals surface area contributed by atoms with Crippen molar-refractivity contribution >= 4 is 44.0 Å². The third-order valence-corrected chi connectivity index (χ3v) is 5.49. The second kappa shape index (κ2) is 5.94. The fourth-order valence-corrected chi connectivity index (χ4v) is 4.28. The van der Waals surface area contributed by atoms with Gasteiger partial charge in [-0.1, -0.05) is 0 Å². The van der Waals surface area contributed by atoms with Gasteiger partial charge in [-0.3, -0.25) is 4.21 Å². The number of hydrogen-bond acceptors (Lipinski definition) is 3. The molecule has 0 aliphatic carbocycles. The summed E-state index contributed by atoms with van der Waals surface area (Å²) in [5, 5.41) is 8.82. The maximum atomic E-state index is 13.2. The molecule has 19 heavy (non-hydrogen) atoms. The molecular weight excluding hydrogens is 355 g/mol. The largest absolute Gasteiger partial charge is 0.478 e. The van der Waals surface area contributed by atoms with Crippen molar-refractivity contribution in [1.29, 1.82) is 0 Å². The van der Waals surface area contributed by atoms with E-state index in [-0.39, 0.29) is 5.75 Å². The lowest BCUT2D eigenvalue weighted by molar-refractivity contribution is 0.0691. The molecule has 7 heteroatoms. The first-order chi connectivity index (χ1) is 8.97. The van der Waals surface area contributed by atoms with Crippen LogP contribution in [-0.2, 0) is 16.6 Å². The summed E-state index contributed by atoms with van der Waals surface area (Å²) in [7, 11) is -1.40. The molecule has 1 N–H and O–H groups in total. The Balaban J connectivity index is 2.24. The van der Waals surface area contributed by atoms with Crippen LogP contribution in [0.3, 0.4) is 0 Å². The van der Waals surface area contributed by atoms with Gasteiger partial charge >= 0.3 is 5.97 Å². The predicted octanol–water partition coefficient (Wildman–Crippen LogP) is 3.66. The maximum Gasteiger partial charge on any atom is 0.338 e. The molecule has 1 atom stereocenters. The molecule has 0 aliphatic rings. The molecule has 0 aliphatic heterocycles. The van der Waals surface area contributed by atoms with Crippen molar-refractivity contribution in [2.45, 2.75) is 10.6 Å². The second-order valence-corrected chi connectivity index (χ2v) is 7.64. The zero-order valence-electron chi connectivity index (χ0n) is 9.43. The Hall–Kier alpha value is -1.05. The molecule has 1 heterocycles. The number of benzene rings is 1. The van der Waals surface area contributed by atoms with Crippen molar-refractivity contribution in [1.82, 2.24) is 0 Å². The molecule has 1 unspecified atom stereocenters. The Bertz CT molecular complexity index is 654. The van der Waals surface area contributed by atoms with Crippen LogP contribution < -0.4 is 0 Å². The monoisotopic (exact) mass is 362 g/mol. The van der Waals surface area contributed by atoms with Crippen LogP contribution >= 0.6 is 27.3 Å². The lowest BCUT2D eigenvalue weighted by Crippen LogP contribution is -2.03. The zero-order chi connectivity index (χ0) is 14.0. The van der Waals surface area contributed by atoms with Gasteiger partial charge in [0.15, 0.2) is 0 Å². The van der Waals surface area contributed by atoms with Gasteiger partial charge in [0.1, 0.15) is 5.82 Å². The molecular formula is C12H8BrFO3S2. The Morgan fingerprint density at radius 3 is 2.68 bits per heavy atom. The number of carboxylic acid groups (broad SMARTS) is 1. The summed E-state index contributed by atoms with van der Waals surface area (Å²) >= 11 is 4.77. The molecule has 1 aromatic heterocycles. The highest BCUT2D eigenvalue weighted by atomic mass is 79.9. The van der Waals surface area contributed by atoms with E-state index in [1.54, 1.807) is 0 Å². The molecule has 0 amide bonds. The summed E-state index contributed by atoms with van der Waals surface area (Å²) in [5.41, 5.74) is -0.460. The third-order valence-electron chi connectivity index (χ3n) is 2.33. The number of rotatable bonds is 4. The maximum absolute atomic E-state index is 13.2. The van der Waals surface area contributed by atoms with Gasteiger partial charge in [-0.05, 0) is 46.3 Å². The van der Waals surface area contributed by atoms with Crippen molar-refractivity contribution < 1.29 is 18.5 Å². The molecule has 3 nitrogen and oxygen atoms in total. The van der Waals surface area contributed by atoms with Crippen LogP contribution in [0.5, 0.6) is 0 Å². The molecule has 2 aromatic rings. The molecule has 2 rings (SSSR count). The van der Waals surface area contributed by atoms with Crippen LogP contribution in [0.25, 0.3) is 0 Å². The Labute approximate surface area is 123 Å². The average molecular weight is 363 g/mol. The summed E-state index contributed by atoms with van der Waals surface area (Å²) in [5.74, 6) is -1.91. The minimum atomic E-state index is -1.40. The quantitative estimate of drug-likeness (QED) is 0.902. The zero-order valence-corrected chi connectivity index (χ0v) is 12.6. The molecule has 0 fully saturated rings. The molecule has 0 saturated carbocycles. The Morgan fingerprint density at radius 1 is 1.37 bits per heavy atom. The first kappa shape index (κ1) is 14.4. The van der Waals surface area contributed by atoms with E-state index in [1.807, 2.05) is 12.1 Å². The summed E-state index contributed by atoms with van der Waals surface area (Å²) < 4.78 is 26.3. The highest BCUT2D eigenvalue weighted by Gasteiger charge is 2.14. The van der Waals surface area contributed by atoms with Crippen LogP contribution in [0.15, 0.2) is 39.0 Å². The summed E-state index contributed by atoms with van der Waals surface area (Å²) in [6, 6.07) is 7.19. The van der Waals surface area contributed by atoms with Crippen molar-refractivity contribution in [2.24, 2.45) is 0 Å². The highest BCUT2D eigenvalue weighted by Crippen LogP contribution is 2.25. The van der Waals surface area contributed by atoms with Gasteiger partial charge in [0.25, 0.3) is 0 Å². The molecule has 1 aromatic carbocycles. The van der Waals surface area contributed by atoms with E-state index >= 15 is 0 Å². The van der Waals surface area contributed by atoms with Crippen LogP contribution in [0.1, 0.15) is 15.2 Å². The highest BCUT2D eigenvalue weighted by molar-refractivity contribution is 9.11. The number of hydrogen-bond donors (Lipinski definition) is 1. The third kappa shape index (κ3) is 3.49. The van der Waals surface area contributed by atoms with E-state index in [0.29, 0.717) is 4.90 Å². The summed E-state index contributed by atoms with van der Waals surface area (Å²) in [6.07, 6.45) is 0. The van der Waals surface area contributed by atoms with E-state index in [2.05, 4.69) is 15.9 Å². The summed E-state index contributed by atoms with van der Waals surface area (Å²) in [4.78, 5) is 12.0. The van der Waals surface area contributed by atoms with Crippen LogP contribution in [0.4, 0.5) is 4.39 Å². The van der Waals surface area contributed by atoms with Crippen LogP contribution in [-0.4, -0.2) is 15.3 Å². The van der Waals surface area contributed by atoms with Gasteiger partial charge in [0, 0.05) is 9.77 Å². The minimum absolute atomic E-state index is 0.279. The number of thiophene rings is 1. The molecule has 0 bridgehead atoms. The number of carbonyl (C=O) groups is 1. The van der Waals surface area contributed by atoms with E-state index in [9.17, 15) is 13.4 Å². The number of carboxylic acids is 1. The van der Waals surface area contributed by atoms with Crippen molar-refractivity contribution in [2.75, 3.05) is 0 Å². The van der Waals surface area contributed by atoms with E-state index < -0.39 is 28.1 Å². The van der Waals surface area contributed by atoms with Gasteiger partial charge in [-0.25, -0.2) is 9.18 Å². The fraction of sp³-hybridized carbons (Fsp3) is 0.0833. The van der Waals surface area contributed by atoms with Gasteiger partial charge in [0.05, 0.1) is 25.9 Å². The lowest BCUT2D eigenvalue weighted by atomic mass is 10.2. The normalized spacial score (nSPS) is 12.3. The van der Waals surface area contributed by atoms with Crippen molar-refractivity contribution in [3.05, 3.63) is 50.4 Å². The fourth-order valence-electron chi connectivity index (χ4n) is 1.45. The lowest BCUT2D eigenvalue weighted by Gasteiger charge is -2.03. The first-order valence-electron chi connectivity index (χ1n) is 5.13. The van der Waals surface area contributed by atoms with E-state index in [4.69, 9.17) is 5.11 Å². The van der Waals surface area contributed by atoms with Gasteiger partial charge in [0.2, 0.25) is 0 Å². The first-order valence-corrected chi connectivity index (χ1v) is 8.05. The minimum Gasteiger partial charge on any atom is -0.478 e. The molecule has 0 spiro atoms. The van der Waals surface area contributed by atoms with Crippen LogP contribution in [0.2, 0.25) is 0 Å². The average Bonchev–Trinajstić information content (AvgIpc) is 2.74. The van der Waals surface area contributed by atoms with Crippen LogP contribution in [0, 0.1) is 5.82 Å². The van der Waals surface area contributed by atoms with Crippen molar-refractivity contribution in [3.8, 4) is 0 Å². The molecule has 0 radical (unpaired) electrons. The van der Waals surface area contributed by atoms with Crippen molar-refractivity contribution in [3.63, 3.8) is 0 Å². The van der Waals surface area contributed by atoms with E-state index in [0.717, 1.165) is 20.8 Å². The number of halogens is 2. The standard InChI is InChI=1S/C12H8BrFO3S2/c13-11-4-1-7(18-11)6-19(17)8-2-3-10(14)9(5-8)12(15)16/h1-5H,6H2,(H,15,16). The van der Waals surface area contributed by atoms with Gasteiger partial charge in [-0.2, -0.15) is 0 Å². The molecule has 0 saturated heterocycles. The smallest absolute Gasteiger partial charge is 0.338 e. The predicted molar refractivity (Wildman–Crippen MR) is 75.5 cm³/mol. The van der Waals surface area contributed by atoms with Gasteiger partial charge in [-0.15, -0.1) is 11.3 Å². The van der Waals surface area contributed by atoms with Gasteiger partial charge < -0.3 is 5.11 Å². The summed E-state index contributed by atoms with van der Waals surface area (Å²) in [6.45, 7) is 0.